The number of hydrogen-bond acceptors (Lipinski definition) is 3. The number of hydrogen-bond donors (Lipinski definition) is 1. The van der Waals surface area contributed by atoms with E-state index in [1.165, 1.54) is 0 Å². The summed E-state index contributed by atoms with van der Waals surface area (Å²) in [5.74, 6) is 0. The van der Waals surface area contributed by atoms with Crippen molar-refractivity contribution in [3.8, 4) is 0 Å². The van der Waals surface area contributed by atoms with Crippen molar-refractivity contribution in [3.63, 3.8) is 0 Å². The van der Waals surface area contributed by atoms with Crippen LogP contribution in [0, 0.1) is 0 Å². The van der Waals surface area contributed by atoms with Crippen molar-refractivity contribution in [3.05, 3.63) is 0 Å². The van der Waals surface area contributed by atoms with E-state index in [4.69, 9.17) is 9.47 Å². The highest BCUT2D eigenvalue weighted by Gasteiger charge is 2.13. The molecule has 0 spiro atoms. The van der Waals surface area contributed by atoms with Gasteiger partial charge in [0.1, 0.15) is 0 Å². The first-order chi connectivity index (χ1) is 5.43. The molecule has 1 fully saturated rings. The molecular weight excluding hydrogens is 210 g/mol. The third-order valence-electron chi connectivity index (χ3n) is 1.48. The Hall–Kier alpha value is 0.360. The van der Waals surface area contributed by atoms with Crippen LogP contribution in [-0.2, 0) is 9.47 Å². The highest BCUT2D eigenvalue weighted by molar-refractivity contribution is 9.09. The molecule has 1 saturated heterocycles. The number of nitrogens with one attached hydrogen (secondary N) is 1. The summed E-state index contributed by atoms with van der Waals surface area (Å²) in [5.41, 5.74) is 0. The van der Waals surface area contributed by atoms with E-state index in [1.807, 2.05) is 0 Å². The van der Waals surface area contributed by atoms with Gasteiger partial charge in [-0.3, -0.25) is 5.32 Å². The minimum atomic E-state index is -0.148. The van der Waals surface area contributed by atoms with Gasteiger partial charge in [-0.15, -0.1) is 0 Å². The summed E-state index contributed by atoms with van der Waals surface area (Å²) in [6.07, 6.45) is 2.10. The first-order valence-electron chi connectivity index (χ1n) is 3.96. The Labute approximate surface area is 75.6 Å². The molecular formula is C7H14BrNO2. The highest BCUT2D eigenvalue weighted by atomic mass is 79.9. The van der Waals surface area contributed by atoms with Gasteiger partial charge >= 0.3 is 0 Å². The smallest absolute Gasteiger partial charge is 0.216 e. The second-order valence-corrected chi connectivity index (χ2v) is 3.22. The molecule has 66 valence electrons. The highest BCUT2D eigenvalue weighted by Crippen LogP contribution is 2.00. The maximum atomic E-state index is 5.35. The standard InChI is InChI=1S/C7H14BrNO2/c8-3-1-2-5-10-7-9-4-6-11-7/h7,9H,1-6H2. The van der Waals surface area contributed by atoms with Crippen LogP contribution in [0.3, 0.4) is 0 Å². The molecule has 1 atom stereocenters. The van der Waals surface area contributed by atoms with Gasteiger partial charge in [0.05, 0.1) is 13.2 Å². The Kier molecular flexibility index (Phi) is 5.10. The Morgan fingerprint density at radius 1 is 1.55 bits per heavy atom. The van der Waals surface area contributed by atoms with Crippen LogP contribution in [-0.4, -0.2) is 31.5 Å². The molecule has 0 aromatic rings. The summed E-state index contributed by atoms with van der Waals surface area (Å²) in [4.78, 5) is 0. The molecule has 0 aromatic carbocycles. The van der Waals surface area contributed by atoms with Crippen LogP contribution in [0.2, 0.25) is 0 Å². The van der Waals surface area contributed by atoms with Gasteiger partial charge < -0.3 is 9.47 Å². The largest absolute Gasteiger partial charge is 0.340 e. The maximum absolute atomic E-state index is 5.35. The van der Waals surface area contributed by atoms with Crippen molar-refractivity contribution >= 4 is 15.9 Å². The van der Waals surface area contributed by atoms with Gasteiger partial charge in [-0.2, -0.15) is 0 Å². The predicted octanol–water partition coefficient (Wildman–Crippen LogP) is 1.08. The van der Waals surface area contributed by atoms with Crippen molar-refractivity contribution in [2.45, 2.75) is 19.3 Å². The van der Waals surface area contributed by atoms with Gasteiger partial charge in [0.25, 0.3) is 0 Å². The van der Waals surface area contributed by atoms with Crippen LogP contribution in [0.1, 0.15) is 12.8 Å². The molecule has 1 aliphatic heterocycles. The summed E-state index contributed by atoms with van der Waals surface area (Å²) in [6, 6.07) is 0. The zero-order chi connectivity index (χ0) is 7.94. The lowest BCUT2D eigenvalue weighted by molar-refractivity contribution is -0.123. The molecule has 0 aromatic heterocycles. The van der Waals surface area contributed by atoms with E-state index >= 15 is 0 Å². The lowest BCUT2D eigenvalue weighted by atomic mass is 10.4. The lowest BCUT2D eigenvalue weighted by Crippen LogP contribution is -2.26. The molecule has 1 N–H and O–H groups in total. The Bertz CT molecular complexity index is 96.4. The van der Waals surface area contributed by atoms with E-state index in [0.29, 0.717) is 0 Å². The van der Waals surface area contributed by atoms with Gasteiger partial charge in [0.15, 0.2) is 0 Å². The molecule has 0 saturated carbocycles. The van der Waals surface area contributed by atoms with Crippen LogP contribution in [0.4, 0.5) is 0 Å². The summed E-state index contributed by atoms with van der Waals surface area (Å²) < 4.78 is 10.5. The second kappa shape index (κ2) is 5.94. The molecule has 0 radical (unpaired) electrons. The molecule has 4 heteroatoms. The van der Waals surface area contributed by atoms with Crippen LogP contribution in [0.15, 0.2) is 0 Å². The van der Waals surface area contributed by atoms with E-state index in [0.717, 1.165) is 37.9 Å². The fourth-order valence-electron chi connectivity index (χ4n) is 0.896. The maximum Gasteiger partial charge on any atom is 0.216 e. The first kappa shape index (κ1) is 9.45. The van der Waals surface area contributed by atoms with Crippen molar-refractivity contribution in [2.24, 2.45) is 0 Å². The van der Waals surface area contributed by atoms with E-state index in [2.05, 4.69) is 21.2 Å². The van der Waals surface area contributed by atoms with Crippen molar-refractivity contribution in [2.75, 3.05) is 25.1 Å². The number of halogens is 1. The SMILES string of the molecule is BrCCCCOC1NCCO1. The molecule has 1 aliphatic rings. The Morgan fingerprint density at radius 3 is 3.09 bits per heavy atom. The third kappa shape index (κ3) is 4.06. The molecule has 0 aliphatic carbocycles. The number of rotatable bonds is 5. The summed E-state index contributed by atoms with van der Waals surface area (Å²) in [6.45, 7) is 2.45. The fourth-order valence-corrected chi connectivity index (χ4v) is 1.29. The molecule has 0 amide bonds. The molecule has 1 heterocycles. The van der Waals surface area contributed by atoms with Crippen LogP contribution >= 0.6 is 15.9 Å². The molecule has 11 heavy (non-hydrogen) atoms. The first-order valence-corrected chi connectivity index (χ1v) is 5.08. The minimum Gasteiger partial charge on any atom is -0.340 e. The van der Waals surface area contributed by atoms with Crippen LogP contribution in [0.25, 0.3) is 0 Å². The Balaban J connectivity index is 1.86. The number of alkyl halides is 1. The molecule has 1 unspecified atom stereocenters. The summed E-state index contributed by atoms with van der Waals surface area (Å²) in [5, 5.41) is 4.13. The molecule has 0 bridgehead atoms. The van der Waals surface area contributed by atoms with Gasteiger partial charge in [-0.05, 0) is 12.8 Å². The quantitative estimate of drug-likeness (QED) is 0.560. The number of ether oxygens (including phenoxy) is 2. The van der Waals surface area contributed by atoms with E-state index in [1.54, 1.807) is 0 Å². The third-order valence-corrected chi connectivity index (χ3v) is 2.04. The summed E-state index contributed by atoms with van der Waals surface area (Å²) >= 11 is 3.36. The topological polar surface area (TPSA) is 30.5 Å². The summed E-state index contributed by atoms with van der Waals surface area (Å²) in [7, 11) is 0. The minimum absolute atomic E-state index is 0.148. The molecule has 3 nitrogen and oxygen atoms in total. The predicted molar refractivity (Wildman–Crippen MR) is 46.7 cm³/mol. The number of unbranched alkanes of at least 4 members (excludes halogenated alkanes) is 1. The van der Waals surface area contributed by atoms with Crippen molar-refractivity contribution in [1.29, 1.82) is 0 Å². The van der Waals surface area contributed by atoms with E-state index in [9.17, 15) is 0 Å². The zero-order valence-corrected chi connectivity index (χ0v) is 8.10. The zero-order valence-electron chi connectivity index (χ0n) is 6.51. The van der Waals surface area contributed by atoms with Gasteiger partial charge in [-0.25, -0.2) is 0 Å². The average molecular weight is 224 g/mol. The Morgan fingerprint density at radius 2 is 2.45 bits per heavy atom. The van der Waals surface area contributed by atoms with Crippen molar-refractivity contribution in [1.82, 2.24) is 5.32 Å². The van der Waals surface area contributed by atoms with E-state index < -0.39 is 0 Å². The van der Waals surface area contributed by atoms with E-state index in [-0.39, 0.29) is 6.41 Å². The monoisotopic (exact) mass is 223 g/mol. The normalized spacial score (nSPS) is 24.3. The van der Waals surface area contributed by atoms with Crippen LogP contribution in [0.5, 0.6) is 0 Å². The van der Waals surface area contributed by atoms with Gasteiger partial charge in [-0.1, -0.05) is 15.9 Å². The fraction of sp³-hybridized carbons (Fsp3) is 1.00. The lowest BCUT2D eigenvalue weighted by Gasteiger charge is -2.09. The van der Waals surface area contributed by atoms with Crippen molar-refractivity contribution < 1.29 is 9.47 Å². The van der Waals surface area contributed by atoms with Gasteiger partial charge in [0.2, 0.25) is 6.41 Å². The van der Waals surface area contributed by atoms with Gasteiger partial charge in [0, 0.05) is 11.9 Å². The van der Waals surface area contributed by atoms with Crippen LogP contribution < -0.4 is 5.32 Å². The molecule has 1 rings (SSSR count). The second-order valence-electron chi connectivity index (χ2n) is 2.42. The average Bonchev–Trinajstić information content (AvgIpc) is 2.50.